The van der Waals surface area contributed by atoms with E-state index in [-0.39, 0.29) is 11.7 Å². The number of benzene rings is 1. The second-order valence-electron chi connectivity index (χ2n) is 3.90. The van der Waals surface area contributed by atoms with Crippen LogP contribution in [0.5, 0.6) is 0 Å². The summed E-state index contributed by atoms with van der Waals surface area (Å²) >= 11 is 0. The van der Waals surface area contributed by atoms with Crippen molar-refractivity contribution in [3.63, 3.8) is 0 Å². The fraction of sp³-hybridized carbons (Fsp3) is 0.143. The number of ether oxygens (including phenoxy) is 1. The van der Waals surface area contributed by atoms with Crippen molar-refractivity contribution in [2.24, 2.45) is 0 Å². The van der Waals surface area contributed by atoms with Crippen molar-refractivity contribution in [1.82, 2.24) is 0 Å². The SMILES string of the molecule is C=CC1=CC2OC2(c2ccccc2)C=C1. The minimum atomic E-state index is -0.187. The van der Waals surface area contributed by atoms with Gasteiger partial charge in [-0.25, -0.2) is 0 Å². The Labute approximate surface area is 89.4 Å². The van der Waals surface area contributed by atoms with Crippen molar-refractivity contribution in [3.05, 3.63) is 72.4 Å². The van der Waals surface area contributed by atoms with E-state index in [2.05, 4.69) is 36.9 Å². The molecular weight excluding hydrogens is 184 g/mol. The first-order chi connectivity index (χ1) is 7.35. The van der Waals surface area contributed by atoms with E-state index in [1.807, 2.05) is 24.3 Å². The lowest BCUT2D eigenvalue weighted by Crippen LogP contribution is -2.10. The maximum Gasteiger partial charge on any atom is 0.142 e. The smallest absolute Gasteiger partial charge is 0.142 e. The normalized spacial score (nSPS) is 31.7. The molecule has 1 fully saturated rings. The van der Waals surface area contributed by atoms with E-state index in [0.29, 0.717) is 0 Å². The van der Waals surface area contributed by atoms with Gasteiger partial charge in [0.25, 0.3) is 0 Å². The average Bonchev–Trinajstić information content (AvgIpc) is 3.04. The van der Waals surface area contributed by atoms with E-state index in [1.54, 1.807) is 0 Å². The maximum absolute atomic E-state index is 5.77. The molecule has 1 saturated heterocycles. The summed E-state index contributed by atoms with van der Waals surface area (Å²) in [6, 6.07) is 10.3. The summed E-state index contributed by atoms with van der Waals surface area (Å²) in [6.45, 7) is 3.76. The van der Waals surface area contributed by atoms with Crippen LogP contribution < -0.4 is 0 Å². The molecule has 74 valence electrons. The van der Waals surface area contributed by atoms with Crippen LogP contribution in [0.15, 0.2) is 66.8 Å². The van der Waals surface area contributed by atoms with Crippen molar-refractivity contribution >= 4 is 0 Å². The second-order valence-corrected chi connectivity index (χ2v) is 3.90. The van der Waals surface area contributed by atoms with Crippen molar-refractivity contribution in [2.45, 2.75) is 11.7 Å². The number of hydrogen-bond acceptors (Lipinski definition) is 1. The van der Waals surface area contributed by atoms with Crippen molar-refractivity contribution < 1.29 is 4.74 Å². The van der Waals surface area contributed by atoms with Gasteiger partial charge in [-0.15, -0.1) is 0 Å². The molecule has 0 amide bonds. The van der Waals surface area contributed by atoms with Gasteiger partial charge in [0.2, 0.25) is 0 Å². The molecule has 3 rings (SSSR count). The molecule has 1 aromatic carbocycles. The predicted octanol–water partition coefficient (Wildman–Crippen LogP) is 2.96. The Morgan fingerprint density at radius 3 is 2.73 bits per heavy atom. The summed E-state index contributed by atoms with van der Waals surface area (Å²) in [6.07, 6.45) is 8.37. The Morgan fingerprint density at radius 1 is 1.27 bits per heavy atom. The Bertz CT molecular complexity index is 455. The van der Waals surface area contributed by atoms with Crippen LogP contribution in [0.3, 0.4) is 0 Å². The van der Waals surface area contributed by atoms with Gasteiger partial charge in [-0.1, -0.05) is 49.1 Å². The lowest BCUT2D eigenvalue weighted by Gasteiger charge is -2.10. The van der Waals surface area contributed by atoms with E-state index in [0.717, 1.165) is 5.57 Å². The molecule has 0 spiro atoms. The minimum Gasteiger partial charge on any atom is -0.352 e. The molecule has 1 heterocycles. The molecule has 0 aromatic heterocycles. The van der Waals surface area contributed by atoms with Gasteiger partial charge in [0.05, 0.1) is 0 Å². The molecule has 0 radical (unpaired) electrons. The fourth-order valence-corrected chi connectivity index (χ4v) is 2.08. The van der Waals surface area contributed by atoms with E-state index < -0.39 is 0 Å². The molecule has 2 aliphatic rings. The zero-order valence-electron chi connectivity index (χ0n) is 8.39. The number of fused-ring (bicyclic) bond motifs is 1. The largest absolute Gasteiger partial charge is 0.352 e. The molecule has 2 atom stereocenters. The van der Waals surface area contributed by atoms with Crippen molar-refractivity contribution in [1.29, 1.82) is 0 Å². The lowest BCUT2D eigenvalue weighted by atomic mass is 9.90. The molecule has 2 unspecified atom stereocenters. The number of rotatable bonds is 2. The van der Waals surface area contributed by atoms with Crippen LogP contribution >= 0.6 is 0 Å². The Hall–Kier alpha value is -1.60. The summed E-state index contributed by atoms with van der Waals surface area (Å²) in [7, 11) is 0. The maximum atomic E-state index is 5.77. The van der Waals surface area contributed by atoms with E-state index in [4.69, 9.17) is 4.74 Å². The standard InChI is InChI=1S/C14H12O/c1-2-11-8-9-14(13(10-11)15-14)12-6-4-3-5-7-12/h2-10,13H,1H2. The summed E-state index contributed by atoms with van der Waals surface area (Å²) in [5.74, 6) is 0. The Kier molecular flexibility index (Phi) is 1.70. The first-order valence-electron chi connectivity index (χ1n) is 5.12. The summed E-state index contributed by atoms with van der Waals surface area (Å²) < 4.78 is 5.77. The molecule has 0 saturated carbocycles. The van der Waals surface area contributed by atoms with E-state index >= 15 is 0 Å². The van der Waals surface area contributed by atoms with E-state index in [1.165, 1.54) is 5.56 Å². The third kappa shape index (κ3) is 1.20. The van der Waals surface area contributed by atoms with Crippen LogP contribution in [0.4, 0.5) is 0 Å². The van der Waals surface area contributed by atoms with Crippen LogP contribution in [0.2, 0.25) is 0 Å². The highest BCUT2D eigenvalue weighted by molar-refractivity contribution is 5.47. The van der Waals surface area contributed by atoms with Crippen molar-refractivity contribution in [2.75, 3.05) is 0 Å². The number of allylic oxidation sites excluding steroid dienone is 3. The predicted molar refractivity (Wildman–Crippen MR) is 60.4 cm³/mol. The summed E-state index contributed by atoms with van der Waals surface area (Å²) in [4.78, 5) is 0. The molecule has 1 aliphatic heterocycles. The quantitative estimate of drug-likeness (QED) is 0.662. The van der Waals surface area contributed by atoms with Gasteiger partial charge < -0.3 is 4.74 Å². The van der Waals surface area contributed by atoms with Gasteiger partial charge in [0, 0.05) is 0 Å². The average molecular weight is 196 g/mol. The number of epoxide rings is 1. The molecule has 1 heteroatoms. The fourth-order valence-electron chi connectivity index (χ4n) is 2.08. The third-order valence-corrected chi connectivity index (χ3v) is 3.02. The minimum absolute atomic E-state index is 0.187. The second kappa shape index (κ2) is 2.94. The molecule has 0 N–H and O–H groups in total. The van der Waals surface area contributed by atoms with Crippen LogP contribution in [-0.2, 0) is 10.3 Å². The summed E-state index contributed by atoms with van der Waals surface area (Å²) in [5.41, 5.74) is 2.18. The zero-order chi connectivity index (χ0) is 10.3. The van der Waals surface area contributed by atoms with Gasteiger partial charge in [0.1, 0.15) is 11.7 Å². The van der Waals surface area contributed by atoms with Crippen molar-refractivity contribution in [3.8, 4) is 0 Å². The summed E-state index contributed by atoms with van der Waals surface area (Å²) in [5, 5.41) is 0. The monoisotopic (exact) mass is 196 g/mol. The van der Waals surface area contributed by atoms with Crippen LogP contribution in [-0.4, -0.2) is 6.10 Å². The van der Waals surface area contributed by atoms with Gasteiger partial charge >= 0.3 is 0 Å². The van der Waals surface area contributed by atoms with Gasteiger partial charge in [-0.05, 0) is 23.3 Å². The molecule has 15 heavy (non-hydrogen) atoms. The Balaban J connectivity index is 1.97. The van der Waals surface area contributed by atoms with Crippen LogP contribution in [0.1, 0.15) is 5.56 Å². The highest BCUT2D eigenvalue weighted by Gasteiger charge is 2.55. The molecular formula is C14H12O. The lowest BCUT2D eigenvalue weighted by molar-refractivity contribution is 0.346. The van der Waals surface area contributed by atoms with Gasteiger partial charge in [-0.3, -0.25) is 0 Å². The first kappa shape index (κ1) is 8.69. The highest BCUT2D eigenvalue weighted by atomic mass is 16.6. The van der Waals surface area contributed by atoms with Crippen LogP contribution in [0, 0.1) is 0 Å². The first-order valence-corrected chi connectivity index (χ1v) is 5.12. The molecule has 1 aromatic rings. The molecule has 1 aliphatic carbocycles. The third-order valence-electron chi connectivity index (χ3n) is 3.02. The number of hydrogen-bond donors (Lipinski definition) is 0. The van der Waals surface area contributed by atoms with Crippen LogP contribution in [0.25, 0.3) is 0 Å². The van der Waals surface area contributed by atoms with Gasteiger partial charge in [-0.2, -0.15) is 0 Å². The topological polar surface area (TPSA) is 12.5 Å². The molecule has 1 nitrogen and oxygen atoms in total. The Morgan fingerprint density at radius 2 is 2.07 bits per heavy atom. The molecule has 0 bridgehead atoms. The van der Waals surface area contributed by atoms with Gasteiger partial charge in [0.15, 0.2) is 0 Å². The highest BCUT2D eigenvalue weighted by Crippen LogP contribution is 2.50. The van der Waals surface area contributed by atoms with E-state index in [9.17, 15) is 0 Å². The zero-order valence-corrected chi connectivity index (χ0v) is 8.39.